The van der Waals surface area contributed by atoms with Gasteiger partial charge in [0.1, 0.15) is 5.75 Å². The van der Waals surface area contributed by atoms with E-state index in [1.165, 1.54) is 102 Å². The van der Waals surface area contributed by atoms with Gasteiger partial charge in [0.05, 0.1) is 6.61 Å². The summed E-state index contributed by atoms with van der Waals surface area (Å²) in [6, 6.07) is 7.92. The van der Waals surface area contributed by atoms with Gasteiger partial charge in [-0.05, 0) is 55.2 Å². The number of esters is 1. The van der Waals surface area contributed by atoms with E-state index in [4.69, 9.17) is 4.74 Å². The normalized spacial score (nSPS) is 13.0. The van der Waals surface area contributed by atoms with Crippen molar-refractivity contribution in [2.75, 3.05) is 6.61 Å². The van der Waals surface area contributed by atoms with Crippen LogP contribution >= 0.6 is 0 Å². The molecule has 1 aromatic carbocycles. The second-order valence-electron chi connectivity index (χ2n) is 10.6. The van der Waals surface area contributed by atoms with E-state index in [-0.39, 0.29) is 5.97 Å². The molecule has 0 spiro atoms. The van der Waals surface area contributed by atoms with Crippen molar-refractivity contribution in [2.24, 2.45) is 5.92 Å². The summed E-state index contributed by atoms with van der Waals surface area (Å²) in [6.45, 7) is 7.28. The van der Waals surface area contributed by atoms with Crippen molar-refractivity contribution >= 4 is 5.97 Å². The Morgan fingerprint density at radius 2 is 1.37 bits per heavy atom. The number of hydrogen-bond donors (Lipinski definition) is 1. The molecule has 202 valence electrons. The second kappa shape index (κ2) is 21.7. The Labute approximate surface area is 217 Å². The highest BCUT2D eigenvalue weighted by atomic mass is 16.5. The van der Waals surface area contributed by atoms with Crippen LogP contribution in [0, 0.1) is 5.92 Å². The predicted molar refractivity (Wildman–Crippen MR) is 150 cm³/mol. The van der Waals surface area contributed by atoms with Crippen LogP contribution in [-0.2, 0) is 9.53 Å². The smallest absolute Gasteiger partial charge is 0.305 e. The lowest BCUT2D eigenvalue weighted by molar-refractivity contribution is -0.145. The molecule has 1 rings (SSSR count). The molecule has 0 aliphatic carbocycles. The highest BCUT2D eigenvalue weighted by Crippen LogP contribution is 2.30. The Kier molecular flexibility index (Phi) is 19.6. The maximum Gasteiger partial charge on any atom is 0.305 e. The largest absolute Gasteiger partial charge is 0.508 e. The molecule has 0 amide bonds. The summed E-state index contributed by atoms with van der Waals surface area (Å²) in [7, 11) is 0. The summed E-state index contributed by atoms with van der Waals surface area (Å²) >= 11 is 0. The summed E-state index contributed by atoms with van der Waals surface area (Å²) in [6.07, 6.45) is 22.8. The molecule has 0 fully saturated rings. The number of ether oxygens (including phenoxy) is 1. The van der Waals surface area contributed by atoms with Crippen LogP contribution in [0.3, 0.4) is 0 Å². The van der Waals surface area contributed by atoms with Crippen molar-refractivity contribution in [1.29, 1.82) is 0 Å². The second-order valence-corrected chi connectivity index (χ2v) is 10.6. The third kappa shape index (κ3) is 16.7. The molecule has 0 bridgehead atoms. The average molecular weight is 489 g/mol. The van der Waals surface area contributed by atoms with Gasteiger partial charge in [0.2, 0.25) is 0 Å². The standard InChI is InChI=1S/C32H56O3/c1-4-7-9-16-21-29(30-23-19-24-31(33)26-30)22-17-14-12-10-11-13-15-18-25-32(34)35-27-28(6-3)20-8-5-2/h19,23-24,26,28-29,33H,4-18,20-22,25,27H2,1-3H3. The molecule has 0 saturated heterocycles. The van der Waals surface area contributed by atoms with Crippen molar-refractivity contribution < 1.29 is 14.6 Å². The molecule has 0 aliphatic rings. The lowest BCUT2D eigenvalue weighted by Crippen LogP contribution is -2.13. The first-order chi connectivity index (χ1) is 17.1. The van der Waals surface area contributed by atoms with Crippen LogP contribution in [-0.4, -0.2) is 17.7 Å². The fourth-order valence-electron chi connectivity index (χ4n) is 4.98. The molecule has 1 aromatic rings. The van der Waals surface area contributed by atoms with E-state index < -0.39 is 0 Å². The Morgan fingerprint density at radius 1 is 0.771 bits per heavy atom. The minimum atomic E-state index is -0.00377. The topological polar surface area (TPSA) is 46.5 Å². The van der Waals surface area contributed by atoms with Crippen molar-refractivity contribution in [3.8, 4) is 5.75 Å². The molecule has 0 aliphatic heterocycles. The fourth-order valence-corrected chi connectivity index (χ4v) is 4.98. The number of carbonyl (C=O) groups is 1. The van der Waals surface area contributed by atoms with Crippen LogP contribution in [0.15, 0.2) is 24.3 Å². The Balaban J connectivity index is 2.09. The van der Waals surface area contributed by atoms with E-state index in [0.717, 1.165) is 19.3 Å². The van der Waals surface area contributed by atoms with Gasteiger partial charge in [0.25, 0.3) is 0 Å². The lowest BCUT2D eigenvalue weighted by Gasteiger charge is -2.18. The van der Waals surface area contributed by atoms with E-state index in [1.54, 1.807) is 6.07 Å². The van der Waals surface area contributed by atoms with Crippen LogP contribution in [0.4, 0.5) is 0 Å². The monoisotopic (exact) mass is 488 g/mol. The number of benzene rings is 1. The molecule has 0 saturated carbocycles. The molecule has 3 nitrogen and oxygen atoms in total. The van der Waals surface area contributed by atoms with E-state index in [1.807, 2.05) is 12.1 Å². The summed E-state index contributed by atoms with van der Waals surface area (Å²) < 4.78 is 5.51. The average Bonchev–Trinajstić information content (AvgIpc) is 2.86. The molecule has 3 heteroatoms. The fraction of sp³-hybridized carbons (Fsp3) is 0.781. The number of aromatic hydroxyl groups is 1. The number of carbonyl (C=O) groups excluding carboxylic acids is 1. The summed E-state index contributed by atoms with van der Waals surface area (Å²) in [5, 5.41) is 9.89. The van der Waals surface area contributed by atoms with E-state index >= 15 is 0 Å². The molecule has 0 radical (unpaired) electrons. The first-order valence-electron chi connectivity index (χ1n) is 15.0. The maximum atomic E-state index is 12.0. The Hall–Kier alpha value is -1.51. The molecule has 2 atom stereocenters. The first-order valence-corrected chi connectivity index (χ1v) is 15.0. The van der Waals surface area contributed by atoms with Crippen molar-refractivity contribution in [2.45, 2.75) is 149 Å². The summed E-state index contributed by atoms with van der Waals surface area (Å²) in [5.74, 6) is 1.51. The van der Waals surface area contributed by atoms with Crippen LogP contribution in [0.2, 0.25) is 0 Å². The molecular formula is C32H56O3. The van der Waals surface area contributed by atoms with Gasteiger partial charge in [-0.1, -0.05) is 123 Å². The van der Waals surface area contributed by atoms with Crippen molar-refractivity contribution in [1.82, 2.24) is 0 Å². The predicted octanol–water partition coefficient (Wildman–Crippen LogP) is 10.1. The van der Waals surface area contributed by atoms with Crippen molar-refractivity contribution in [3.63, 3.8) is 0 Å². The van der Waals surface area contributed by atoms with Crippen LogP contribution < -0.4 is 0 Å². The van der Waals surface area contributed by atoms with E-state index in [0.29, 0.717) is 30.6 Å². The number of rotatable bonds is 23. The quantitative estimate of drug-likeness (QED) is 0.123. The zero-order chi connectivity index (χ0) is 25.6. The maximum absolute atomic E-state index is 12.0. The van der Waals surface area contributed by atoms with Gasteiger partial charge in [0, 0.05) is 6.42 Å². The van der Waals surface area contributed by atoms with Gasteiger partial charge in [-0.15, -0.1) is 0 Å². The zero-order valence-corrected chi connectivity index (χ0v) is 23.4. The third-order valence-corrected chi connectivity index (χ3v) is 7.45. The summed E-state index contributed by atoms with van der Waals surface area (Å²) in [5.41, 5.74) is 1.31. The van der Waals surface area contributed by atoms with Gasteiger partial charge >= 0.3 is 5.97 Å². The summed E-state index contributed by atoms with van der Waals surface area (Å²) in [4.78, 5) is 12.0. The SMILES string of the molecule is CCCCCCC(CCCCCCCCCCC(=O)OCC(CC)CCCC)c1cccc(O)c1. The van der Waals surface area contributed by atoms with Gasteiger partial charge in [-0.25, -0.2) is 0 Å². The van der Waals surface area contributed by atoms with Gasteiger partial charge in [-0.2, -0.15) is 0 Å². The Bertz CT molecular complexity index is 627. The third-order valence-electron chi connectivity index (χ3n) is 7.45. The van der Waals surface area contributed by atoms with Crippen LogP contribution in [0.25, 0.3) is 0 Å². The van der Waals surface area contributed by atoms with Crippen LogP contribution in [0.5, 0.6) is 5.75 Å². The van der Waals surface area contributed by atoms with Crippen LogP contribution in [0.1, 0.15) is 154 Å². The Morgan fingerprint density at radius 3 is 1.97 bits per heavy atom. The molecule has 35 heavy (non-hydrogen) atoms. The minimum Gasteiger partial charge on any atom is -0.508 e. The van der Waals surface area contributed by atoms with Gasteiger partial charge < -0.3 is 9.84 Å². The minimum absolute atomic E-state index is 0.00377. The number of phenolic OH excluding ortho intramolecular Hbond substituents is 1. The highest BCUT2D eigenvalue weighted by Gasteiger charge is 2.12. The van der Waals surface area contributed by atoms with Gasteiger partial charge in [-0.3, -0.25) is 4.79 Å². The molecule has 2 unspecified atom stereocenters. The van der Waals surface area contributed by atoms with Gasteiger partial charge in [0.15, 0.2) is 0 Å². The highest BCUT2D eigenvalue weighted by molar-refractivity contribution is 5.69. The zero-order valence-electron chi connectivity index (χ0n) is 23.4. The number of phenols is 1. The van der Waals surface area contributed by atoms with E-state index in [2.05, 4.69) is 26.8 Å². The molecule has 0 heterocycles. The van der Waals surface area contributed by atoms with E-state index in [9.17, 15) is 9.90 Å². The number of unbranched alkanes of at least 4 members (excludes halogenated alkanes) is 11. The van der Waals surface area contributed by atoms with Crippen molar-refractivity contribution in [3.05, 3.63) is 29.8 Å². The first kappa shape index (κ1) is 31.5. The molecule has 1 N–H and O–H groups in total. The number of hydrogen-bond acceptors (Lipinski definition) is 3. The molecular weight excluding hydrogens is 432 g/mol. The molecule has 0 aromatic heterocycles. The lowest BCUT2D eigenvalue weighted by atomic mass is 9.88.